The summed E-state index contributed by atoms with van der Waals surface area (Å²) in [5.41, 5.74) is 0.0664. The maximum Gasteiger partial charge on any atom is 0.0596 e. The van der Waals surface area contributed by atoms with Gasteiger partial charge in [-0.05, 0) is 30.1 Å². The molecule has 12 heavy (non-hydrogen) atoms. The Morgan fingerprint density at radius 2 is 1.92 bits per heavy atom. The van der Waals surface area contributed by atoms with E-state index in [-0.39, 0.29) is 23.5 Å². The Kier molecular flexibility index (Phi) is 2.50. The molecule has 1 aliphatic carbocycles. The smallest absolute Gasteiger partial charge is 0.0596 e. The first kappa shape index (κ1) is 10.0. The highest BCUT2D eigenvalue weighted by molar-refractivity contribution is 5.00. The molecule has 1 fully saturated rings. The van der Waals surface area contributed by atoms with Gasteiger partial charge in [-0.3, -0.25) is 0 Å². The van der Waals surface area contributed by atoms with Crippen molar-refractivity contribution in [1.82, 2.24) is 0 Å². The molecule has 1 aliphatic rings. The van der Waals surface area contributed by atoms with Crippen LogP contribution in [-0.2, 0) is 0 Å². The van der Waals surface area contributed by atoms with Gasteiger partial charge in [-0.15, -0.1) is 0 Å². The largest absolute Gasteiger partial charge is 0.396 e. The molecule has 0 spiro atoms. The first-order valence-electron chi connectivity index (χ1n) is 4.73. The van der Waals surface area contributed by atoms with Crippen molar-refractivity contribution in [3.05, 3.63) is 0 Å². The molecule has 0 heterocycles. The Bertz CT molecular complexity index is 161. The first-order valence-corrected chi connectivity index (χ1v) is 4.73. The van der Waals surface area contributed by atoms with Gasteiger partial charge in [-0.1, -0.05) is 20.8 Å². The SMILES string of the molecule is CC1(C)[C@H](O)CC[C@@]1(C)CCO. The van der Waals surface area contributed by atoms with Gasteiger partial charge in [0, 0.05) is 6.61 Å². The van der Waals surface area contributed by atoms with E-state index in [0.717, 1.165) is 19.3 Å². The van der Waals surface area contributed by atoms with E-state index in [9.17, 15) is 5.11 Å². The zero-order valence-electron chi connectivity index (χ0n) is 8.30. The van der Waals surface area contributed by atoms with E-state index >= 15 is 0 Å². The maximum atomic E-state index is 9.74. The van der Waals surface area contributed by atoms with Crippen LogP contribution < -0.4 is 0 Å². The lowest BCUT2D eigenvalue weighted by Gasteiger charge is -2.39. The number of aliphatic hydroxyl groups excluding tert-OH is 2. The van der Waals surface area contributed by atoms with Crippen molar-refractivity contribution >= 4 is 0 Å². The molecule has 1 saturated carbocycles. The molecule has 0 saturated heterocycles. The summed E-state index contributed by atoms with van der Waals surface area (Å²) in [4.78, 5) is 0. The highest BCUT2D eigenvalue weighted by Gasteiger charge is 2.50. The predicted octanol–water partition coefficient (Wildman–Crippen LogP) is 1.56. The zero-order chi connectivity index (χ0) is 9.41. The van der Waals surface area contributed by atoms with Crippen molar-refractivity contribution in [3.8, 4) is 0 Å². The van der Waals surface area contributed by atoms with Gasteiger partial charge in [-0.25, -0.2) is 0 Å². The van der Waals surface area contributed by atoms with Gasteiger partial charge < -0.3 is 10.2 Å². The van der Waals surface area contributed by atoms with Gasteiger partial charge in [0.2, 0.25) is 0 Å². The number of rotatable bonds is 2. The molecular weight excluding hydrogens is 152 g/mol. The monoisotopic (exact) mass is 172 g/mol. The van der Waals surface area contributed by atoms with Crippen molar-refractivity contribution < 1.29 is 10.2 Å². The molecule has 0 unspecified atom stereocenters. The third-order valence-electron chi connectivity index (χ3n) is 4.02. The van der Waals surface area contributed by atoms with E-state index < -0.39 is 0 Å². The minimum atomic E-state index is -0.200. The van der Waals surface area contributed by atoms with Crippen LogP contribution >= 0.6 is 0 Å². The predicted molar refractivity (Wildman–Crippen MR) is 48.8 cm³/mol. The van der Waals surface area contributed by atoms with E-state index in [4.69, 9.17) is 5.11 Å². The standard InChI is InChI=1S/C10H20O2/c1-9(2)8(12)4-5-10(9,3)6-7-11/h8,11-12H,4-7H2,1-3H3/t8-,10+/m1/s1. The van der Waals surface area contributed by atoms with Crippen LogP contribution in [0.15, 0.2) is 0 Å². The molecule has 0 aromatic carbocycles. The number of hydrogen-bond acceptors (Lipinski definition) is 2. The van der Waals surface area contributed by atoms with Gasteiger partial charge in [0.15, 0.2) is 0 Å². The van der Waals surface area contributed by atoms with E-state index in [2.05, 4.69) is 20.8 Å². The van der Waals surface area contributed by atoms with Crippen molar-refractivity contribution in [1.29, 1.82) is 0 Å². The Morgan fingerprint density at radius 1 is 1.33 bits per heavy atom. The summed E-state index contributed by atoms with van der Waals surface area (Å²) in [5.74, 6) is 0. The van der Waals surface area contributed by atoms with E-state index in [1.54, 1.807) is 0 Å². The Morgan fingerprint density at radius 3 is 2.25 bits per heavy atom. The molecule has 0 aromatic heterocycles. The van der Waals surface area contributed by atoms with E-state index in [1.165, 1.54) is 0 Å². The summed E-state index contributed by atoms with van der Waals surface area (Å²) >= 11 is 0. The normalized spacial score (nSPS) is 40.2. The lowest BCUT2D eigenvalue weighted by Crippen LogP contribution is -2.37. The summed E-state index contributed by atoms with van der Waals surface area (Å²) in [7, 11) is 0. The Hall–Kier alpha value is -0.0800. The summed E-state index contributed by atoms with van der Waals surface area (Å²) in [5, 5.41) is 18.7. The molecule has 2 atom stereocenters. The maximum absolute atomic E-state index is 9.74. The summed E-state index contributed by atoms with van der Waals surface area (Å²) in [6.07, 6.45) is 2.51. The second-order valence-electron chi connectivity index (χ2n) is 4.81. The molecule has 0 aromatic rings. The summed E-state index contributed by atoms with van der Waals surface area (Å²) in [6.45, 7) is 6.59. The lowest BCUT2D eigenvalue weighted by atomic mass is 9.67. The van der Waals surface area contributed by atoms with Gasteiger partial charge in [0.05, 0.1) is 6.10 Å². The van der Waals surface area contributed by atoms with E-state index in [0.29, 0.717) is 0 Å². The molecule has 72 valence electrons. The Balaban J connectivity index is 2.78. The van der Waals surface area contributed by atoms with Crippen LogP contribution in [0.25, 0.3) is 0 Å². The molecule has 0 aliphatic heterocycles. The zero-order valence-corrected chi connectivity index (χ0v) is 8.30. The first-order chi connectivity index (χ1) is 5.44. The van der Waals surface area contributed by atoms with Crippen LogP contribution in [0.5, 0.6) is 0 Å². The third-order valence-corrected chi connectivity index (χ3v) is 4.02. The van der Waals surface area contributed by atoms with Crippen molar-refractivity contribution in [2.45, 2.75) is 46.1 Å². The van der Waals surface area contributed by atoms with Gasteiger partial charge in [0.25, 0.3) is 0 Å². The topological polar surface area (TPSA) is 40.5 Å². The number of aliphatic hydroxyl groups is 2. The van der Waals surface area contributed by atoms with Crippen LogP contribution in [0.4, 0.5) is 0 Å². The molecule has 0 bridgehead atoms. The number of hydrogen-bond donors (Lipinski definition) is 2. The van der Waals surface area contributed by atoms with Crippen LogP contribution in [0, 0.1) is 10.8 Å². The van der Waals surface area contributed by atoms with Crippen LogP contribution in [0.1, 0.15) is 40.0 Å². The summed E-state index contributed by atoms with van der Waals surface area (Å²) < 4.78 is 0. The van der Waals surface area contributed by atoms with Crippen molar-refractivity contribution in [2.75, 3.05) is 6.61 Å². The average Bonchev–Trinajstić information content (AvgIpc) is 2.16. The fraction of sp³-hybridized carbons (Fsp3) is 1.00. The fourth-order valence-electron chi connectivity index (χ4n) is 2.23. The molecule has 2 nitrogen and oxygen atoms in total. The van der Waals surface area contributed by atoms with Crippen molar-refractivity contribution in [2.24, 2.45) is 10.8 Å². The molecule has 0 amide bonds. The minimum absolute atomic E-state index is 0.0459. The second-order valence-corrected chi connectivity index (χ2v) is 4.81. The minimum Gasteiger partial charge on any atom is -0.396 e. The summed E-state index contributed by atoms with van der Waals surface area (Å²) in [6, 6.07) is 0. The van der Waals surface area contributed by atoms with Crippen LogP contribution in [0.3, 0.4) is 0 Å². The van der Waals surface area contributed by atoms with Crippen LogP contribution in [0.2, 0.25) is 0 Å². The van der Waals surface area contributed by atoms with Gasteiger partial charge >= 0.3 is 0 Å². The lowest BCUT2D eigenvalue weighted by molar-refractivity contribution is -0.0000493. The van der Waals surface area contributed by atoms with E-state index in [1.807, 2.05) is 0 Å². The highest BCUT2D eigenvalue weighted by Crippen LogP contribution is 2.54. The molecule has 1 rings (SSSR count). The molecular formula is C10H20O2. The van der Waals surface area contributed by atoms with Crippen molar-refractivity contribution in [3.63, 3.8) is 0 Å². The fourth-order valence-corrected chi connectivity index (χ4v) is 2.23. The van der Waals surface area contributed by atoms with Crippen LogP contribution in [-0.4, -0.2) is 22.9 Å². The third kappa shape index (κ3) is 1.27. The van der Waals surface area contributed by atoms with Gasteiger partial charge in [0.1, 0.15) is 0 Å². The highest BCUT2D eigenvalue weighted by atomic mass is 16.3. The second kappa shape index (κ2) is 3.00. The van der Waals surface area contributed by atoms with Gasteiger partial charge in [-0.2, -0.15) is 0 Å². The average molecular weight is 172 g/mol. The quantitative estimate of drug-likeness (QED) is 0.663. The molecule has 0 radical (unpaired) electrons. The Labute approximate surface area is 74.6 Å². The molecule has 2 heteroatoms. The molecule has 2 N–H and O–H groups in total.